The van der Waals surface area contributed by atoms with Crippen LogP contribution in [0.2, 0.25) is 0 Å². The summed E-state index contributed by atoms with van der Waals surface area (Å²) in [6.07, 6.45) is 1.50. The predicted octanol–water partition coefficient (Wildman–Crippen LogP) is -1.32. The molecule has 4 heteroatoms. The highest BCUT2D eigenvalue weighted by atomic mass is 16.1. The third-order valence-electron chi connectivity index (χ3n) is 1.77. The fraction of sp³-hybridized carbons (Fsp3) is 0.375. The van der Waals surface area contributed by atoms with E-state index in [-0.39, 0.29) is 18.0 Å². The minimum Gasteiger partial charge on any atom is -0.313 e. The number of hydrogen-bond acceptors (Lipinski definition) is 3. The Kier molecular flexibility index (Phi) is 2.50. The number of carbonyl (C=O) groups excluding carboxylic acids is 2. The number of aliphatic imine (C=N–C) groups is 1. The van der Waals surface area contributed by atoms with Gasteiger partial charge in [0.15, 0.2) is 11.5 Å². The summed E-state index contributed by atoms with van der Waals surface area (Å²) in [5.41, 5.74) is 0.970. The summed E-state index contributed by atoms with van der Waals surface area (Å²) < 4.78 is 0. The highest BCUT2D eigenvalue weighted by Crippen LogP contribution is 2.03. The lowest BCUT2D eigenvalue weighted by molar-refractivity contribution is -0.569. The number of rotatable bonds is 1. The Morgan fingerprint density at radius 3 is 2.58 bits per heavy atom. The second-order valence-electron chi connectivity index (χ2n) is 2.52. The van der Waals surface area contributed by atoms with Crippen molar-refractivity contribution < 1.29 is 14.9 Å². The van der Waals surface area contributed by atoms with E-state index in [0.29, 0.717) is 11.4 Å². The summed E-state index contributed by atoms with van der Waals surface area (Å²) in [5.74, 6) is -0.303. The summed E-state index contributed by atoms with van der Waals surface area (Å²) in [6.45, 7) is 0. The molecule has 1 aliphatic rings. The first-order valence-corrected chi connectivity index (χ1v) is 3.73. The molecule has 12 heavy (non-hydrogen) atoms. The molecule has 64 valence electrons. The van der Waals surface area contributed by atoms with Crippen molar-refractivity contribution >= 4 is 17.3 Å². The number of nitrogens with zero attached hydrogens (tertiary/aromatic N) is 1. The van der Waals surface area contributed by atoms with Crippen molar-refractivity contribution in [2.24, 2.45) is 4.99 Å². The van der Waals surface area contributed by atoms with Crippen LogP contribution < -0.4 is 5.32 Å². The van der Waals surface area contributed by atoms with Gasteiger partial charge in [-0.05, 0) is 0 Å². The molecule has 0 bridgehead atoms. The molecule has 0 heterocycles. The van der Waals surface area contributed by atoms with Gasteiger partial charge in [-0.15, -0.1) is 0 Å². The van der Waals surface area contributed by atoms with Gasteiger partial charge in [-0.3, -0.25) is 14.6 Å². The fourth-order valence-corrected chi connectivity index (χ4v) is 1.08. The zero-order chi connectivity index (χ0) is 9.14. The van der Waals surface area contributed by atoms with Crippen LogP contribution in [0, 0.1) is 0 Å². The Morgan fingerprint density at radius 1 is 1.42 bits per heavy atom. The van der Waals surface area contributed by atoms with E-state index < -0.39 is 0 Å². The molecule has 0 unspecified atom stereocenters. The van der Waals surface area contributed by atoms with Gasteiger partial charge >= 0.3 is 0 Å². The van der Waals surface area contributed by atoms with Crippen LogP contribution >= 0.6 is 0 Å². The Balaban J connectivity index is 3.03. The molecular weight excluding hydrogens is 156 g/mol. The van der Waals surface area contributed by atoms with Crippen molar-refractivity contribution in [2.45, 2.75) is 6.42 Å². The number of likely N-dealkylation sites (N-methyl/N-ethyl adjacent to an activating group) is 1. The van der Waals surface area contributed by atoms with Crippen LogP contribution in [0.3, 0.4) is 0 Å². The van der Waals surface area contributed by atoms with Crippen molar-refractivity contribution in [1.82, 2.24) is 0 Å². The molecule has 0 saturated carbocycles. The number of allylic oxidation sites excluding steroid dienone is 2. The van der Waals surface area contributed by atoms with E-state index in [2.05, 4.69) is 4.99 Å². The second-order valence-corrected chi connectivity index (χ2v) is 2.52. The molecule has 1 aliphatic carbocycles. The maximum atomic E-state index is 11.1. The van der Waals surface area contributed by atoms with E-state index in [9.17, 15) is 9.59 Å². The lowest BCUT2D eigenvalue weighted by Gasteiger charge is -2.07. The average Bonchev–Trinajstić information content (AvgIpc) is 2.05. The van der Waals surface area contributed by atoms with Crippen molar-refractivity contribution in [3.63, 3.8) is 0 Å². The van der Waals surface area contributed by atoms with Gasteiger partial charge in [-0.1, -0.05) is 0 Å². The van der Waals surface area contributed by atoms with Crippen molar-refractivity contribution in [3.05, 3.63) is 11.8 Å². The largest absolute Gasteiger partial charge is 0.313 e. The lowest BCUT2D eigenvalue weighted by atomic mass is 10.0. The Hall–Kier alpha value is -1.29. The van der Waals surface area contributed by atoms with Crippen LogP contribution in [-0.2, 0) is 9.59 Å². The van der Waals surface area contributed by atoms with Crippen LogP contribution in [0.15, 0.2) is 16.8 Å². The topological polar surface area (TPSA) is 63.1 Å². The molecule has 0 aliphatic heterocycles. The molecule has 0 atom stereocenters. The Morgan fingerprint density at radius 2 is 2.08 bits per heavy atom. The Bertz CT molecular complexity index is 289. The molecule has 0 spiro atoms. The number of carbonyl (C=O) groups is 2. The lowest BCUT2D eigenvalue weighted by Crippen LogP contribution is -2.79. The first-order chi connectivity index (χ1) is 5.69. The molecule has 2 N–H and O–H groups in total. The van der Waals surface area contributed by atoms with Crippen LogP contribution in [-0.4, -0.2) is 31.4 Å². The normalized spacial score (nSPS) is 21.5. The molecule has 0 aromatic carbocycles. The van der Waals surface area contributed by atoms with Crippen LogP contribution in [0.1, 0.15) is 6.42 Å². The van der Waals surface area contributed by atoms with Gasteiger partial charge in [-0.2, -0.15) is 0 Å². The molecule has 0 saturated heterocycles. The van der Waals surface area contributed by atoms with Crippen LogP contribution in [0.5, 0.6) is 0 Å². The fourth-order valence-electron chi connectivity index (χ4n) is 1.08. The highest BCUT2D eigenvalue weighted by Gasteiger charge is 2.25. The minimum atomic E-state index is -0.187. The van der Waals surface area contributed by atoms with Gasteiger partial charge in [-0.25, -0.2) is 0 Å². The van der Waals surface area contributed by atoms with Gasteiger partial charge in [0, 0.05) is 13.1 Å². The third-order valence-corrected chi connectivity index (χ3v) is 1.77. The van der Waals surface area contributed by atoms with E-state index in [0.717, 1.165) is 0 Å². The minimum absolute atomic E-state index is 0.0388. The molecule has 0 aromatic rings. The molecule has 4 nitrogen and oxygen atoms in total. The van der Waals surface area contributed by atoms with Gasteiger partial charge in [0.1, 0.15) is 5.71 Å². The monoisotopic (exact) mass is 167 g/mol. The van der Waals surface area contributed by atoms with Crippen molar-refractivity contribution in [3.8, 4) is 0 Å². The molecule has 0 radical (unpaired) electrons. The van der Waals surface area contributed by atoms with Crippen molar-refractivity contribution in [1.29, 1.82) is 0 Å². The maximum absolute atomic E-state index is 11.1. The number of hydrogen-bond donors (Lipinski definition) is 1. The number of quaternary nitrogens is 1. The van der Waals surface area contributed by atoms with Crippen LogP contribution in [0.25, 0.3) is 0 Å². The zero-order valence-corrected chi connectivity index (χ0v) is 7.13. The van der Waals surface area contributed by atoms with Crippen LogP contribution in [0.4, 0.5) is 0 Å². The first-order valence-electron chi connectivity index (χ1n) is 3.73. The zero-order valence-electron chi connectivity index (χ0n) is 7.13. The molecule has 1 rings (SSSR count). The predicted molar refractivity (Wildman–Crippen MR) is 43.9 cm³/mol. The van der Waals surface area contributed by atoms with E-state index in [1.807, 2.05) is 0 Å². The molecule has 0 amide bonds. The van der Waals surface area contributed by atoms with E-state index in [1.54, 1.807) is 19.4 Å². The molecular formula is C8H11N2O2+. The van der Waals surface area contributed by atoms with Gasteiger partial charge in [0.2, 0.25) is 5.78 Å². The third kappa shape index (κ3) is 1.48. The Labute approximate surface area is 70.4 Å². The first kappa shape index (κ1) is 8.80. The number of ketones is 2. The summed E-state index contributed by atoms with van der Waals surface area (Å²) in [6, 6.07) is 0. The molecule has 0 fully saturated rings. The maximum Gasteiger partial charge on any atom is 0.223 e. The SMILES string of the molecule is CN=C1C=C([NH2+]C)C(=O)CC1=O. The van der Waals surface area contributed by atoms with E-state index in [4.69, 9.17) is 0 Å². The number of nitrogens with two attached hydrogens (primary N) is 1. The van der Waals surface area contributed by atoms with Gasteiger partial charge in [0.25, 0.3) is 0 Å². The van der Waals surface area contributed by atoms with E-state index >= 15 is 0 Å². The van der Waals surface area contributed by atoms with Crippen molar-refractivity contribution in [2.75, 3.05) is 14.1 Å². The van der Waals surface area contributed by atoms with E-state index in [1.165, 1.54) is 6.08 Å². The standard InChI is InChI=1S/C8H10N2O2/c1-9-5-3-6(10-2)8(12)4-7(5)11/h3,9H,4H2,1-2H3/p+1. The van der Waals surface area contributed by atoms with Gasteiger partial charge in [0.05, 0.1) is 13.5 Å². The summed E-state index contributed by atoms with van der Waals surface area (Å²) >= 11 is 0. The molecule has 0 aromatic heterocycles. The second kappa shape index (κ2) is 3.40. The summed E-state index contributed by atoms with van der Waals surface area (Å²) in [4.78, 5) is 26.0. The van der Waals surface area contributed by atoms with Gasteiger partial charge < -0.3 is 5.32 Å². The summed E-state index contributed by atoms with van der Waals surface area (Å²) in [5, 5.41) is 1.69. The highest BCUT2D eigenvalue weighted by molar-refractivity contribution is 6.49. The smallest absolute Gasteiger partial charge is 0.223 e. The average molecular weight is 167 g/mol. The quantitative estimate of drug-likeness (QED) is 0.492. The number of Topliss-reactive ketones (excluding diaryl/α,β-unsaturated/α-hetero) is 2. The summed E-state index contributed by atoms with van der Waals surface area (Å²) in [7, 11) is 3.32.